The van der Waals surface area contributed by atoms with Gasteiger partial charge in [-0.25, -0.2) is 0 Å². The standard InChI is InChI=1S/C20H22N2O/c23-20(17-7-2-1-3-8-17)22-13-11-19(15-22)21-12-10-16-6-4-5-9-18(16)14-21/h1-9,19H,10-15H2/t19-/m1/s1. The van der Waals surface area contributed by atoms with Gasteiger partial charge < -0.3 is 4.90 Å². The lowest BCUT2D eigenvalue weighted by molar-refractivity contribution is 0.0773. The number of hydrogen-bond acceptors (Lipinski definition) is 2. The van der Waals surface area contributed by atoms with E-state index in [-0.39, 0.29) is 5.91 Å². The van der Waals surface area contributed by atoms with E-state index in [1.54, 1.807) is 0 Å². The van der Waals surface area contributed by atoms with E-state index in [4.69, 9.17) is 0 Å². The number of carbonyl (C=O) groups is 1. The molecule has 2 aliphatic heterocycles. The molecule has 2 aliphatic rings. The van der Waals surface area contributed by atoms with Gasteiger partial charge in [0.25, 0.3) is 5.91 Å². The van der Waals surface area contributed by atoms with E-state index in [0.29, 0.717) is 6.04 Å². The number of benzene rings is 2. The molecule has 0 unspecified atom stereocenters. The highest BCUT2D eigenvalue weighted by atomic mass is 16.2. The highest BCUT2D eigenvalue weighted by Gasteiger charge is 2.32. The first-order valence-corrected chi connectivity index (χ1v) is 8.46. The van der Waals surface area contributed by atoms with E-state index < -0.39 is 0 Å². The topological polar surface area (TPSA) is 23.6 Å². The molecule has 4 rings (SSSR count). The fourth-order valence-electron chi connectivity index (χ4n) is 3.82. The summed E-state index contributed by atoms with van der Waals surface area (Å²) in [5, 5.41) is 0. The average Bonchev–Trinajstić information content (AvgIpc) is 3.11. The number of amides is 1. The number of hydrogen-bond donors (Lipinski definition) is 0. The molecule has 1 amide bonds. The fourth-order valence-corrected chi connectivity index (χ4v) is 3.82. The zero-order valence-electron chi connectivity index (χ0n) is 13.3. The van der Waals surface area contributed by atoms with Gasteiger partial charge in [-0.2, -0.15) is 0 Å². The number of likely N-dealkylation sites (tertiary alicyclic amines) is 1. The Labute approximate surface area is 137 Å². The number of carbonyl (C=O) groups excluding carboxylic acids is 1. The quantitative estimate of drug-likeness (QED) is 0.851. The van der Waals surface area contributed by atoms with Gasteiger partial charge in [0, 0.05) is 37.8 Å². The molecule has 2 aromatic carbocycles. The van der Waals surface area contributed by atoms with Crippen molar-refractivity contribution in [2.75, 3.05) is 19.6 Å². The van der Waals surface area contributed by atoms with Gasteiger partial charge in [0.1, 0.15) is 0 Å². The predicted molar refractivity (Wildman–Crippen MR) is 91.3 cm³/mol. The Balaban J connectivity index is 1.42. The summed E-state index contributed by atoms with van der Waals surface area (Å²) >= 11 is 0. The molecule has 0 aliphatic carbocycles. The van der Waals surface area contributed by atoms with Crippen molar-refractivity contribution in [3.8, 4) is 0 Å². The van der Waals surface area contributed by atoms with Crippen LogP contribution in [0.2, 0.25) is 0 Å². The second-order valence-electron chi connectivity index (χ2n) is 6.55. The summed E-state index contributed by atoms with van der Waals surface area (Å²) in [5.74, 6) is 0.172. The molecule has 0 saturated carbocycles. The minimum absolute atomic E-state index is 0.172. The number of nitrogens with zero attached hydrogens (tertiary/aromatic N) is 2. The van der Waals surface area contributed by atoms with Crippen LogP contribution in [0.5, 0.6) is 0 Å². The third-order valence-corrected chi connectivity index (χ3v) is 5.15. The molecule has 1 atom stereocenters. The zero-order valence-corrected chi connectivity index (χ0v) is 13.3. The Bertz CT molecular complexity index is 698. The molecule has 23 heavy (non-hydrogen) atoms. The normalized spacial score (nSPS) is 21.2. The molecule has 0 radical (unpaired) electrons. The molecular weight excluding hydrogens is 284 g/mol. The van der Waals surface area contributed by atoms with Crippen molar-refractivity contribution in [1.29, 1.82) is 0 Å². The fraction of sp³-hybridized carbons (Fsp3) is 0.350. The van der Waals surface area contributed by atoms with Crippen LogP contribution in [0, 0.1) is 0 Å². The monoisotopic (exact) mass is 306 g/mol. The molecule has 2 heterocycles. The van der Waals surface area contributed by atoms with E-state index >= 15 is 0 Å². The minimum Gasteiger partial charge on any atom is -0.337 e. The lowest BCUT2D eigenvalue weighted by atomic mass is 9.98. The second kappa shape index (κ2) is 6.17. The minimum atomic E-state index is 0.172. The van der Waals surface area contributed by atoms with Gasteiger partial charge in [-0.05, 0) is 36.1 Å². The van der Waals surface area contributed by atoms with Crippen LogP contribution < -0.4 is 0 Å². The predicted octanol–water partition coefficient (Wildman–Crippen LogP) is 2.96. The summed E-state index contributed by atoms with van der Waals surface area (Å²) in [6.07, 6.45) is 2.21. The van der Waals surface area contributed by atoms with E-state index in [1.165, 1.54) is 11.1 Å². The van der Waals surface area contributed by atoms with Crippen molar-refractivity contribution < 1.29 is 4.79 Å². The SMILES string of the molecule is O=C(c1ccccc1)N1CC[C@@H](N2CCc3ccccc3C2)C1. The summed E-state index contributed by atoms with van der Waals surface area (Å²) in [6.45, 7) is 3.86. The number of fused-ring (bicyclic) bond motifs is 1. The summed E-state index contributed by atoms with van der Waals surface area (Å²) < 4.78 is 0. The van der Waals surface area contributed by atoms with Gasteiger partial charge >= 0.3 is 0 Å². The van der Waals surface area contributed by atoms with E-state index in [9.17, 15) is 4.79 Å². The molecule has 0 spiro atoms. The van der Waals surface area contributed by atoms with Crippen molar-refractivity contribution in [2.45, 2.75) is 25.4 Å². The van der Waals surface area contributed by atoms with Crippen LogP contribution in [-0.2, 0) is 13.0 Å². The van der Waals surface area contributed by atoms with Gasteiger partial charge in [-0.1, -0.05) is 42.5 Å². The third kappa shape index (κ3) is 2.89. The summed E-state index contributed by atoms with van der Waals surface area (Å²) in [7, 11) is 0. The zero-order chi connectivity index (χ0) is 15.6. The molecule has 0 bridgehead atoms. The van der Waals surface area contributed by atoms with Crippen LogP contribution in [0.1, 0.15) is 27.9 Å². The lowest BCUT2D eigenvalue weighted by Gasteiger charge is -2.33. The molecule has 0 N–H and O–H groups in total. The maximum Gasteiger partial charge on any atom is 0.253 e. The molecule has 3 nitrogen and oxygen atoms in total. The largest absolute Gasteiger partial charge is 0.337 e. The average molecular weight is 306 g/mol. The maximum absolute atomic E-state index is 12.6. The molecule has 1 saturated heterocycles. The molecule has 118 valence electrons. The number of rotatable bonds is 2. The van der Waals surface area contributed by atoms with Gasteiger partial charge in [0.15, 0.2) is 0 Å². The highest BCUT2D eigenvalue weighted by molar-refractivity contribution is 5.94. The Morgan fingerprint density at radius 3 is 2.48 bits per heavy atom. The van der Waals surface area contributed by atoms with Gasteiger partial charge in [0.05, 0.1) is 0 Å². The molecule has 2 aromatic rings. The van der Waals surface area contributed by atoms with Crippen LogP contribution in [0.25, 0.3) is 0 Å². The lowest BCUT2D eigenvalue weighted by Crippen LogP contribution is -2.41. The molecule has 1 fully saturated rings. The smallest absolute Gasteiger partial charge is 0.253 e. The van der Waals surface area contributed by atoms with Gasteiger partial charge in [-0.3, -0.25) is 9.69 Å². The van der Waals surface area contributed by atoms with Crippen LogP contribution in [0.3, 0.4) is 0 Å². The van der Waals surface area contributed by atoms with Crippen molar-refractivity contribution >= 4 is 5.91 Å². The van der Waals surface area contributed by atoms with Crippen LogP contribution in [0.4, 0.5) is 0 Å². The van der Waals surface area contributed by atoms with Crippen LogP contribution in [-0.4, -0.2) is 41.4 Å². The van der Waals surface area contributed by atoms with E-state index in [0.717, 1.165) is 44.6 Å². The highest BCUT2D eigenvalue weighted by Crippen LogP contribution is 2.25. The van der Waals surface area contributed by atoms with E-state index in [1.807, 2.05) is 35.2 Å². The van der Waals surface area contributed by atoms with Crippen LogP contribution >= 0.6 is 0 Å². The second-order valence-corrected chi connectivity index (χ2v) is 6.55. The van der Waals surface area contributed by atoms with Gasteiger partial charge in [-0.15, -0.1) is 0 Å². The summed E-state index contributed by atoms with van der Waals surface area (Å²) in [5.41, 5.74) is 3.74. The molecule has 0 aromatic heterocycles. The van der Waals surface area contributed by atoms with Crippen molar-refractivity contribution in [2.24, 2.45) is 0 Å². The Hall–Kier alpha value is -2.13. The Kier molecular flexibility index (Phi) is 3.88. The first-order valence-electron chi connectivity index (χ1n) is 8.46. The van der Waals surface area contributed by atoms with Crippen molar-refractivity contribution in [3.63, 3.8) is 0 Å². The maximum atomic E-state index is 12.6. The Morgan fingerprint density at radius 2 is 1.65 bits per heavy atom. The van der Waals surface area contributed by atoms with Crippen LogP contribution in [0.15, 0.2) is 54.6 Å². The molecular formula is C20H22N2O. The van der Waals surface area contributed by atoms with Crippen molar-refractivity contribution in [1.82, 2.24) is 9.80 Å². The first-order chi connectivity index (χ1) is 11.3. The first kappa shape index (κ1) is 14.5. The molecule has 3 heteroatoms. The Morgan fingerprint density at radius 1 is 0.913 bits per heavy atom. The summed E-state index contributed by atoms with van der Waals surface area (Å²) in [6, 6.07) is 18.9. The van der Waals surface area contributed by atoms with Crippen molar-refractivity contribution in [3.05, 3.63) is 71.3 Å². The van der Waals surface area contributed by atoms with E-state index in [2.05, 4.69) is 29.2 Å². The summed E-state index contributed by atoms with van der Waals surface area (Å²) in [4.78, 5) is 17.2. The third-order valence-electron chi connectivity index (χ3n) is 5.15. The van der Waals surface area contributed by atoms with Gasteiger partial charge in [0.2, 0.25) is 0 Å².